The van der Waals surface area contributed by atoms with Crippen LogP contribution in [-0.4, -0.2) is 9.78 Å². The average molecular weight is 300 g/mol. The van der Waals surface area contributed by atoms with Crippen molar-refractivity contribution in [1.29, 1.82) is 0 Å². The molecule has 1 heterocycles. The third-order valence-electron chi connectivity index (χ3n) is 3.12. The van der Waals surface area contributed by atoms with Crippen LogP contribution in [0, 0.1) is 6.92 Å². The second-order valence-corrected chi connectivity index (χ2v) is 5.13. The Morgan fingerprint density at radius 1 is 1.10 bits per heavy atom. The van der Waals surface area contributed by atoms with E-state index in [1.54, 1.807) is 10.7 Å². The predicted molar refractivity (Wildman–Crippen MR) is 84.2 cm³/mol. The number of halogens is 1. The number of hydrogen-bond acceptors (Lipinski definition) is 3. The summed E-state index contributed by atoms with van der Waals surface area (Å²) < 4.78 is 7.46. The third-order valence-corrected chi connectivity index (χ3v) is 3.37. The van der Waals surface area contributed by atoms with Gasteiger partial charge in [-0.25, -0.2) is 4.68 Å². The standard InChI is InChI=1S/C16H14ClN3O/c1-11-10-14(6-7-15(11)18)21-16-8-9-20(19-16)13-4-2-12(17)3-5-13/h2-10H,18H2,1H3. The van der Waals surface area contributed by atoms with Crippen molar-refractivity contribution in [3.05, 3.63) is 65.3 Å². The topological polar surface area (TPSA) is 53.1 Å². The summed E-state index contributed by atoms with van der Waals surface area (Å²) in [5.41, 5.74) is 8.43. The Bertz CT molecular complexity index is 765. The highest BCUT2D eigenvalue weighted by molar-refractivity contribution is 6.30. The van der Waals surface area contributed by atoms with E-state index >= 15 is 0 Å². The van der Waals surface area contributed by atoms with Gasteiger partial charge in [0.2, 0.25) is 5.88 Å². The van der Waals surface area contributed by atoms with Gasteiger partial charge < -0.3 is 10.5 Å². The van der Waals surface area contributed by atoms with Crippen molar-refractivity contribution >= 4 is 17.3 Å². The molecule has 2 aromatic carbocycles. The Morgan fingerprint density at radius 2 is 1.86 bits per heavy atom. The van der Waals surface area contributed by atoms with Crippen molar-refractivity contribution in [2.45, 2.75) is 6.92 Å². The van der Waals surface area contributed by atoms with Gasteiger partial charge in [0.05, 0.1) is 5.69 Å². The lowest BCUT2D eigenvalue weighted by atomic mass is 10.2. The Kier molecular flexibility index (Phi) is 3.54. The molecule has 2 N–H and O–H groups in total. The number of rotatable bonds is 3. The maximum atomic E-state index is 5.87. The normalized spacial score (nSPS) is 10.6. The van der Waals surface area contributed by atoms with Gasteiger partial charge in [-0.05, 0) is 55.0 Å². The molecule has 0 amide bonds. The largest absolute Gasteiger partial charge is 0.438 e. The number of hydrogen-bond donors (Lipinski definition) is 1. The molecule has 106 valence electrons. The van der Waals surface area contributed by atoms with E-state index < -0.39 is 0 Å². The third kappa shape index (κ3) is 3.01. The Morgan fingerprint density at radius 3 is 2.57 bits per heavy atom. The van der Waals surface area contributed by atoms with Gasteiger partial charge in [-0.2, -0.15) is 0 Å². The van der Waals surface area contributed by atoms with Crippen LogP contribution >= 0.6 is 11.6 Å². The lowest BCUT2D eigenvalue weighted by molar-refractivity contribution is 0.457. The fourth-order valence-electron chi connectivity index (χ4n) is 1.93. The predicted octanol–water partition coefficient (Wildman–Crippen LogP) is 4.21. The maximum Gasteiger partial charge on any atom is 0.238 e. The molecule has 5 heteroatoms. The second kappa shape index (κ2) is 5.50. The van der Waals surface area contributed by atoms with E-state index in [9.17, 15) is 0 Å². The molecule has 4 nitrogen and oxygen atoms in total. The molecule has 0 aliphatic heterocycles. The first-order valence-electron chi connectivity index (χ1n) is 6.47. The van der Waals surface area contributed by atoms with Crippen LogP contribution in [0.5, 0.6) is 11.6 Å². The van der Waals surface area contributed by atoms with Crippen molar-refractivity contribution in [3.63, 3.8) is 0 Å². The van der Waals surface area contributed by atoms with Crippen LogP contribution < -0.4 is 10.5 Å². The second-order valence-electron chi connectivity index (χ2n) is 4.70. The van der Waals surface area contributed by atoms with E-state index in [4.69, 9.17) is 22.1 Å². The zero-order chi connectivity index (χ0) is 14.8. The molecule has 0 bridgehead atoms. The van der Waals surface area contributed by atoms with E-state index in [0.717, 1.165) is 16.9 Å². The van der Waals surface area contributed by atoms with E-state index in [-0.39, 0.29) is 0 Å². The molecule has 3 rings (SSSR count). The smallest absolute Gasteiger partial charge is 0.238 e. The van der Waals surface area contributed by atoms with Gasteiger partial charge in [0.25, 0.3) is 0 Å². The molecule has 0 saturated carbocycles. The maximum absolute atomic E-state index is 5.87. The fraction of sp³-hybridized carbons (Fsp3) is 0.0625. The van der Waals surface area contributed by atoms with Crippen LogP contribution in [0.1, 0.15) is 5.56 Å². The van der Waals surface area contributed by atoms with Crippen LogP contribution in [-0.2, 0) is 0 Å². The molecule has 0 aliphatic carbocycles. The molecule has 0 spiro atoms. The molecule has 0 radical (unpaired) electrons. The number of nitrogens with zero attached hydrogens (tertiary/aromatic N) is 2. The number of nitrogens with two attached hydrogens (primary N) is 1. The SMILES string of the molecule is Cc1cc(Oc2ccn(-c3ccc(Cl)cc3)n2)ccc1N. The van der Waals surface area contributed by atoms with Crippen LogP contribution in [0.25, 0.3) is 5.69 Å². The molecule has 0 fully saturated rings. The first-order valence-corrected chi connectivity index (χ1v) is 6.85. The van der Waals surface area contributed by atoms with Crippen molar-refractivity contribution in [1.82, 2.24) is 9.78 Å². The lowest BCUT2D eigenvalue weighted by Gasteiger charge is -2.05. The van der Waals surface area contributed by atoms with Gasteiger partial charge in [0.1, 0.15) is 5.75 Å². The number of ether oxygens (including phenoxy) is 1. The van der Waals surface area contributed by atoms with E-state index in [0.29, 0.717) is 16.7 Å². The number of benzene rings is 2. The molecule has 3 aromatic rings. The Balaban J connectivity index is 1.81. The first-order chi connectivity index (χ1) is 10.1. The van der Waals surface area contributed by atoms with Crippen molar-refractivity contribution < 1.29 is 4.74 Å². The number of nitrogen functional groups attached to an aromatic ring is 1. The summed E-state index contributed by atoms with van der Waals surface area (Å²) in [6.45, 7) is 1.94. The van der Waals surface area contributed by atoms with Crippen LogP contribution in [0.15, 0.2) is 54.7 Å². The summed E-state index contributed by atoms with van der Waals surface area (Å²) in [7, 11) is 0. The van der Waals surface area contributed by atoms with Crippen molar-refractivity contribution in [3.8, 4) is 17.3 Å². The van der Waals surface area contributed by atoms with Gasteiger partial charge >= 0.3 is 0 Å². The highest BCUT2D eigenvalue weighted by Gasteiger charge is 2.04. The number of aromatic nitrogens is 2. The summed E-state index contributed by atoms with van der Waals surface area (Å²) in [5, 5.41) is 5.07. The lowest BCUT2D eigenvalue weighted by Crippen LogP contribution is -1.95. The van der Waals surface area contributed by atoms with Crippen molar-refractivity contribution in [2.24, 2.45) is 0 Å². The molecule has 0 unspecified atom stereocenters. The summed E-state index contributed by atoms with van der Waals surface area (Å²) >= 11 is 5.87. The van der Waals surface area contributed by atoms with Gasteiger partial charge in [-0.3, -0.25) is 0 Å². The monoisotopic (exact) mass is 299 g/mol. The minimum atomic E-state index is 0.522. The molecule has 21 heavy (non-hydrogen) atoms. The van der Waals surface area contributed by atoms with E-state index in [2.05, 4.69) is 5.10 Å². The molecule has 0 saturated heterocycles. The summed E-state index contributed by atoms with van der Waals surface area (Å²) in [6, 6.07) is 14.8. The molecule has 1 aromatic heterocycles. The highest BCUT2D eigenvalue weighted by atomic mass is 35.5. The van der Waals surface area contributed by atoms with Gasteiger partial charge in [-0.15, -0.1) is 5.10 Å². The quantitative estimate of drug-likeness (QED) is 0.737. The van der Waals surface area contributed by atoms with Crippen LogP contribution in [0.2, 0.25) is 5.02 Å². The fourth-order valence-corrected chi connectivity index (χ4v) is 2.06. The minimum Gasteiger partial charge on any atom is -0.438 e. The zero-order valence-corrected chi connectivity index (χ0v) is 12.2. The summed E-state index contributed by atoms with van der Waals surface area (Å²) in [6.07, 6.45) is 1.84. The van der Waals surface area contributed by atoms with Gasteiger partial charge in [-0.1, -0.05) is 11.6 Å². The van der Waals surface area contributed by atoms with Gasteiger partial charge in [0.15, 0.2) is 0 Å². The minimum absolute atomic E-state index is 0.522. The van der Waals surface area contributed by atoms with Gasteiger partial charge in [0, 0.05) is 23.0 Å². The number of aryl methyl sites for hydroxylation is 1. The van der Waals surface area contributed by atoms with E-state index in [1.807, 2.05) is 55.6 Å². The summed E-state index contributed by atoms with van der Waals surface area (Å²) in [4.78, 5) is 0. The molecule has 0 aliphatic rings. The van der Waals surface area contributed by atoms with E-state index in [1.165, 1.54) is 0 Å². The molecular weight excluding hydrogens is 286 g/mol. The van der Waals surface area contributed by atoms with Crippen LogP contribution in [0.4, 0.5) is 5.69 Å². The molecular formula is C16H14ClN3O. The number of anilines is 1. The van der Waals surface area contributed by atoms with Crippen molar-refractivity contribution in [2.75, 3.05) is 5.73 Å². The average Bonchev–Trinajstić information content (AvgIpc) is 2.92. The first kappa shape index (κ1) is 13.5. The van der Waals surface area contributed by atoms with Crippen LogP contribution in [0.3, 0.4) is 0 Å². The molecule has 0 atom stereocenters. The Hall–Kier alpha value is -2.46. The zero-order valence-electron chi connectivity index (χ0n) is 11.5. The highest BCUT2D eigenvalue weighted by Crippen LogP contribution is 2.24. The Labute approximate surface area is 127 Å². The summed E-state index contributed by atoms with van der Waals surface area (Å²) in [5.74, 6) is 1.23.